The molecule has 2 amide bonds. The van der Waals surface area contributed by atoms with E-state index in [0.29, 0.717) is 27.8 Å². The van der Waals surface area contributed by atoms with Crippen molar-refractivity contribution >= 4 is 50.7 Å². The fourth-order valence-corrected chi connectivity index (χ4v) is 6.52. The van der Waals surface area contributed by atoms with Crippen molar-refractivity contribution in [2.45, 2.75) is 37.8 Å². The highest BCUT2D eigenvalue weighted by molar-refractivity contribution is 7.92. The highest BCUT2D eigenvalue weighted by Crippen LogP contribution is 2.27. The summed E-state index contributed by atoms with van der Waals surface area (Å²) in [6.07, 6.45) is 0.208. The van der Waals surface area contributed by atoms with E-state index < -0.39 is 28.5 Å². The highest BCUT2D eigenvalue weighted by Gasteiger charge is 2.34. The lowest BCUT2D eigenvalue weighted by atomic mass is 10.0. The van der Waals surface area contributed by atoms with Gasteiger partial charge in [-0.15, -0.1) is 0 Å². The molecule has 224 valence electrons. The van der Waals surface area contributed by atoms with Crippen LogP contribution in [0, 0.1) is 6.92 Å². The van der Waals surface area contributed by atoms with E-state index in [9.17, 15) is 18.0 Å². The van der Waals surface area contributed by atoms with Crippen LogP contribution < -0.4 is 9.62 Å². The number of rotatable bonds is 12. The Kier molecular flexibility index (Phi) is 10.9. The van der Waals surface area contributed by atoms with Crippen LogP contribution in [0.3, 0.4) is 0 Å². The molecule has 0 aromatic heterocycles. The summed E-state index contributed by atoms with van der Waals surface area (Å²) in [4.78, 5) is 29.3. The zero-order chi connectivity index (χ0) is 31.0. The molecule has 0 radical (unpaired) electrons. The third-order valence-electron chi connectivity index (χ3n) is 6.91. The summed E-state index contributed by atoms with van der Waals surface area (Å²) in [5.41, 5.74) is 2.62. The topological polar surface area (TPSA) is 86.8 Å². The monoisotopic (exact) mass is 637 g/mol. The minimum atomic E-state index is -4.16. The van der Waals surface area contributed by atoms with E-state index in [1.54, 1.807) is 67.6 Å². The van der Waals surface area contributed by atoms with Crippen molar-refractivity contribution < 1.29 is 18.0 Å². The molecule has 0 aliphatic rings. The lowest BCUT2D eigenvalue weighted by molar-refractivity contribution is -0.140. The average molecular weight is 639 g/mol. The molecule has 0 fully saturated rings. The molecule has 43 heavy (non-hydrogen) atoms. The van der Waals surface area contributed by atoms with Crippen LogP contribution in [0.5, 0.6) is 0 Å². The maximum Gasteiger partial charge on any atom is 0.264 e. The molecule has 4 aromatic rings. The summed E-state index contributed by atoms with van der Waals surface area (Å²) < 4.78 is 29.1. The fraction of sp³-hybridized carbons (Fsp3) is 0.212. The van der Waals surface area contributed by atoms with E-state index in [1.807, 2.05) is 37.3 Å². The first kappa shape index (κ1) is 32.1. The summed E-state index contributed by atoms with van der Waals surface area (Å²) in [5.74, 6) is -0.935. The van der Waals surface area contributed by atoms with Crippen LogP contribution in [0.25, 0.3) is 0 Å². The van der Waals surface area contributed by atoms with Crippen LogP contribution in [0.15, 0.2) is 108 Å². The lowest BCUT2D eigenvalue weighted by Gasteiger charge is -2.34. The van der Waals surface area contributed by atoms with Crippen LogP contribution in [0.4, 0.5) is 5.69 Å². The molecule has 0 bridgehead atoms. The summed E-state index contributed by atoms with van der Waals surface area (Å²) in [6, 6.07) is 28.2. The van der Waals surface area contributed by atoms with Gasteiger partial charge in [0.2, 0.25) is 11.8 Å². The van der Waals surface area contributed by atoms with Gasteiger partial charge >= 0.3 is 0 Å². The Hall–Kier alpha value is -3.85. The van der Waals surface area contributed by atoms with Crippen molar-refractivity contribution in [1.29, 1.82) is 0 Å². The summed E-state index contributed by atoms with van der Waals surface area (Å²) >= 11 is 12.7. The first-order valence-corrected chi connectivity index (χ1v) is 16.0. The Balaban J connectivity index is 1.79. The summed E-state index contributed by atoms with van der Waals surface area (Å²) in [7, 11) is -4.16. The van der Waals surface area contributed by atoms with Gasteiger partial charge in [0, 0.05) is 29.6 Å². The number of benzene rings is 4. The van der Waals surface area contributed by atoms with Crippen LogP contribution in [-0.4, -0.2) is 44.3 Å². The third-order valence-corrected chi connectivity index (χ3v) is 9.28. The predicted octanol–water partition coefficient (Wildman–Crippen LogP) is 6.27. The lowest BCUT2D eigenvalue weighted by Crippen LogP contribution is -2.53. The molecular formula is C33H33Cl2N3O4S. The van der Waals surface area contributed by atoms with Crippen molar-refractivity contribution in [2.24, 2.45) is 0 Å². The fourth-order valence-electron chi connectivity index (χ4n) is 4.64. The van der Waals surface area contributed by atoms with E-state index in [1.165, 1.54) is 17.0 Å². The number of hydrogen-bond acceptors (Lipinski definition) is 4. The van der Waals surface area contributed by atoms with E-state index in [-0.39, 0.29) is 23.8 Å². The van der Waals surface area contributed by atoms with Crippen molar-refractivity contribution in [2.75, 3.05) is 17.4 Å². The molecule has 0 unspecified atom stereocenters. The minimum absolute atomic E-state index is 0.0450. The SMILES string of the molecule is CCNC(=O)[C@@H](Cc1ccccc1)N(Cc1ccc(Cl)cc1Cl)C(=O)CN(c1ccccc1)S(=O)(=O)c1ccc(C)cc1. The summed E-state index contributed by atoms with van der Waals surface area (Å²) in [6.45, 7) is 3.42. The Labute approximate surface area is 263 Å². The largest absolute Gasteiger partial charge is 0.355 e. The van der Waals surface area contributed by atoms with Gasteiger partial charge in [0.25, 0.3) is 10.0 Å². The van der Waals surface area contributed by atoms with Crippen molar-refractivity contribution in [1.82, 2.24) is 10.2 Å². The summed E-state index contributed by atoms with van der Waals surface area (Å²) in [5, 5.41) is 3.59. The Morgan fingerprint density at radius 1 is 0.860 bits per heavy atom. The predicted molar refractivity (Wildman–Crippen MR) is 172 cm³/mol. The Morgan fingerprint density at radius 2 is 1.49 bits per heavy atom. The molecule has 7 nitrogen and oxygen atoms in total. The number of likely N-dealkylation sites (N-methyl/N-ethyl adjacent to an activating group) is 1. The van der Waals surface area contributed by atoms with Gasteiger partial charge in [0.1, 0.15) is 12.6 Å². The van der Waals surface area contributed by atoms with E-state index in [2.05, 4.69) is 5.32 Å². The zero-order valence-electron chi connectivity index (χ0n) is 23.9. The van der Waals surface area contributed by atoms with Gasteiger partial charge in [0.15, 0.2) is 0 Å². The molecule has 10 heteroatoms. The number of anilines is 1. The van der Waals surface area contributed by atoms with Crippen LogP contribution in [-0.2, 0) is 32.6 Å². The van der Waals surface area contributed by atoms with Gasteiger partial charge in [-0.25, -0.2) is 8.42 Å². The molecule has 0 heterocycles. The third kappa shape index (κ3) is 8.16. The van der Waals surface area contributed by atoms with Gasteiger partial charge in [-0.2, -0.15) is 0 Å². The molecular weight excluding hydrogens is 605 g/mol. The van der Waals surface area contributed by atoms with E-state index in [0.717, 1.165) is 15.4 Å². The molecule has 0 aliphatic heterocycles. The van der Waals surface area contributed by atoms with Crippen LogP contribution in [0.2, 0.25) is 10.0 Å². The first-order chi connectivity index (χ1) is 20.6. The number of sulfonamides is 1. The molecule has 4 aromatic carbocycles. The van der Waals surface area contributed by atoms with Gasteiger partial charge in [-0.1, -0.05) is 95.5 Å². The molecule has 1 atom stereocenters. The highest BCUT2D eigenvalue weighted by atomic mass is 35.5. The number of aryl methyl sites for hydroxylation is 1. The van der Waals surface area contributed by atoms with Gasteiger partial charge in [-0.05, 0) is 61.4 Å². The normalized spacial score (nSPS) is 11.9. The quantitative estimate of drug-likeness (QED) is 0.198. The second kappa shape index (κ2) is 14.6. The molecule has 0 saturated carbocycles. The molecule has 1 N–H and O–H groups in total. The van der Waals surface area contributed by atoms with Crippen LogP contribution >= 0.6 is 23.2 Å². The molecule has 0 aliphatic carbocycles. The molecule has 0 spiro atoms. The number of para-hydroxylation sites is 1. The Bertz CT molecular complexity index is 1650. The maximum atomic E-state index is 14.4. The Morgan fingerprint density at radius 3 is 2.09 bits per heavy atom. The average Bonchev–Trinajstić information content (AvgIpc) is 2.99. The van der Waals surface area contributed by atoms with E-state index >= 15 is 0 Å². The standard InChI is InChI=1S/C33H33Cl2N3O4S/c1-3-36-33(40)31(20-25-10-6-4-7-11-25)37(22-26-16-17-27(34)21-30(26)35)32(39)23-38(28-12-8-5-9-13-28)43(41,42)29-18-14-24(2)15-19-29/h4-19,21,31H,3,20,22-23H2,1-2H3,(H,36,40)/t31-/m1/s1. The smallest absolute Gasteiger partial charge is 0.264 e. The van der Waals surface area contributed by atoms with Gasteiger partial charge in [0.05, 0.1) is 10.6 Å². The molecule has 4 rings (SSSR count). The number of carbonyl (C=O) groups is 2. The maximum absolute atomic E-state index is 14.4. The number of carbonyl (C=O) groups excluding carboxylic acids is 2. The first-order valence-electron chi connectivity index (χ1n) is 13.8. The molecule has 0 saturated heterocycles. The van der Waals surface area contributed by atoms with Crippen molar-refractivity contribution in [3.8, 4) is 0 Å². The second-order valence-corrected chi connectivity index (χ2v) is 12.7. The number of nitrogens with zero attached hydrogens (tertiary/aromatic N) is 2. The second-order valence-electron chi connectivity index (χ2n) is 10.0. The minimum Gasteiger partial charge on any atom is -0.355 e. The number of amides is 2. The number of nitrogens with one attached hydrogen (secondary N) is 1. The van der Waals surface area contributed by atoms with E-state index in [4.69, 9.17) is 23.2 Å². The van der Waals surface area contributed by atoms with Gasteiger partial charge in [-0.3, -0.25) is 13.9 Å². The van der Waals surface area contributed by atoms with Crippen molar-refractivity contribution in [3.05, 3.63) is 130 Å². The van der Waals surface area contributed by atoms with Crippen molar-refractivity contribution in [3.63, 3.8) is 0 Å². The van der Waals surface area contributed by atoms with Crippen LogP contribution in [0.1, 0.15) is 23.6 Å². The number of hydrogen-bond donors (Lipinski definition) is 1. The number of halogens is 2. The zero-order valence-corrected chi connectivity index (χ0v) is 26.2. The van der Waals surface area contributed by atoms with Gasteiger partial charge < -0.3 is 10.2 Å².